The van der Waals surface area contributed by atoms with Crippen molar-refractivity contribution >= 4 is 11.6 Å². The van der Waals surface area contributed by atoms with Crippen LogP contribution in [0.3, 0.4) is 0 Å². The fourth-order valence-corrected chi connectivity index (χ4v) is 2.50. The first-order valence-electron chi connectivity index (χ1n) is 7.05. The van der Waals surface area contributed by atoms with Crippen molar-refractivity contribution in [3.05, 3.63) is 29.8 Å². The van der Waals surface area contributed by atoms with Gasteiger partial charge >= 0.3 is 0 Å². The Bertz CT molecular complexity index is 414. The third kappa shape index (κ3) is 4.24. The number of nitrogens with one attached hydrogen (secondary N) is 2. The van der Waals surface area contributed by atoms with Gasteiger partial charge in [0.2, 0.25) is 0 Å². The first-order valence-corrected chi connectivity index (χ1v) is 7.05. The van der Waals surface area contributed by atoms with E-state index in [0.29, 0.717) is 18.2 Å². The van der Waals surface area contributed by atoms with Gasteiger partial charge in [-0.3, -0.25) is 4.79 Å². The van der Waals surface area contributed by atoms with Crippen LogP contribution in [0, 0.1) is 0 Å². The molecule has 1 aliphatic rings. The van der Waals surface area contributed by atoms with E-state index in [2.05, 4.69) is 10.6 Å². The van der Waals surface area contributed by atoms with Crippen molar-refractivity contribution in [3.8, 4) is 0 Å². The molecule has 0 radical (unpaired) electrons. The third-order valence-corrected chi connectivity index (χ3v) is 3.50. The van der Waals surface area contributed by atoms with Gasteiger partial charge in [-0.05, 0) is 31.0 Å². The summed E-state index contributed by atoms with van der Waals surface area (Å²) in [5, 5.41) is 14.9. The molecule has 0 atom stereocenters. The van der Waals surface area contributed by atoms with E-state index in [1.807, 2.05) is 18.2 Å². The zero-order valence-electron chi connectivity index (χ0n) is 11.2. The van der Waals surface area contributed by atoms with E-state index in [-0.39, 0.29) is 12.5 Å². The standard InChI is InChI=1S/C15H22N2O2/c18-10-9-16-15(19)12-5-4-8-14(11-12)17-13-6-2-1-3-7-13/h4-5,8,11,13,17-18H,1-3,6-7,9-10H2,(H,16,19). The number of carbonyl (C=O) groups is 1. The predicted octanol–water partition coefficient (Wildman–Crippen LogP) is 2.15. The minimum atomic E-state index is -0.138. The summed E-state index contributed by atoms with van der Waals surface area (Å²) in [7, 11) is 0. The second kappa shape index (κ2) is 7.14. The van der Waals surface area contributed by atoms with Crippen LogP contribution in [-0.2, 0) is 0 Å². The summed E-state index contributed by atoms with van der Waals surface area (Å²) in [6.45, 7) is 0.255. The number of amides is 1. The number of aliphatic hydroxyl groups is 1. The maximum Gasteiger partial charge on any atom is 0.251 e. The number of hydrogen-bond donors (Lipinski definition) is 3. The van der Waals surface area contributed by atoms with Gasteiger partial charge in [0, 0.05) is 23.8 Å². The molecule has 0 aromatic heterocycles. The molecule has 104 valence electrons. The normalized spacial score (nSPS) is 16.1. The van der Waals surface area contributed by atoms with E-state index in [1.165, 1.54) is 32.1 Å². The summed E-state index contributed by atoms with van der Waals surface area (Å²) >= 11 is 0. The van der Waals surface area contributed by atoms with Gasteiger partial charge in [-0.25, -0.2) is 0 Å². The van der Waals surface area contributed by atoms with E-state index >= 15 is 0 Å². The monoisotopic (exact) mass is 262 g/mol. The molecule has 1 aromatic carbocycles. The topological polar surface area (TPSA) is 61.4 Å². The largest absolute Gasteiger partial charge is 0.395 e. The highest BCUT2D eigenvalue weighted by atomic mass is 16.3. The molecule has 0 unspecified atom stereocenters. The Morgan fingerprint density at radius 2 is 2.05 bits per heavy atom. The Morgan fingerprint density at radius 1 is 1.26 bits per heavy atom. The highest BCUT2D eigenvalue weighted by Crippen LogP contribution is 2.22. The van der Waals surface area contributed by atoms with Crippen LogP contribution >= 0.6 is 0 Å². The highest BCUT2D eigenvalue weighted by molar-refractivity contribution is 5.95. The van der Waals surface area contributed by atoms with Crippen molar-refractivity contribution in [2.75, 3.05) is 18.5 Å². The van der Waals surface area contributed by atoms with Crippen LogP contribution in [0.25, 0.3) is 0 Å². The minimum absolute atomic E-state index is 0.0360. The Kier molecular flexibility index (Phi) is 5.21. The zero-order chi connectivity index (χ0) is 13.5. The van der Waals surface area contributed by atoms with Crippen molar-refractivity contribution in [1.82, 2.24) is 5.32 Å². The summed E-state index contributed by atoms with van der Waals surface area (Å²) in [4.78, 5) is 11.8. The summed E-state index contributed by atoms with van der Waals surface area (Å²) in [5.41, 5.74) is 1.64. The minimum Gasteiger partial charge on any atom is -0.395 e. The van der Waals surface area contributed by atoms with Crippen LogP contribution in [0.4, 0.5) is 5.69 Å². The number of anilines is 1. The number of benzene rings is 1. The number of rotatable bonds is 5. The smallest absolute Gasteiger partial charge is 0.251 e. The van der Waals surface area contributed by atoms with Gasteiger partial charge in [-0.2, -0.15) is 0 Å². The van der Waals surface area contributed by atoms with E-state index in [4.69, 9.17) is 5.11 Å². The van der Waals surface area contributed by atoms with Gasteiger partial charge in [0.05, 0.1) is 6.61 Å². The van der Waals surface area contributed by atoms with Gasteiger partial charge < -0.3 is 15.7 Å². The molecule has 1 amide bonds. The molecule has 1 fully saturated rings. The molecule has 2 rings (SSSR count). The maximum atomic E-state index is 11.8. The van der Waals surface area contributed by atoms with Gasteiger partial charge in [0.15, 0.2) is 0 Å². The molecule has 0 bridgehead atoms. The molecule has 1 aromatic rings. The molecule has 0 spiro atoms. The molecule has 3 N–H and O–H groups in total. The molecular weight excluding hydrogens is 240 g/mol. The highest BCUT2D eigenvalue weighted by Gasteiger charge is 2.13. The maximum absolute atomic E-state index is 11.8. The molecule has 19 heavy (non-hydrogen) atoms. The zero-order valence-corrected chi connectivity index (χ0v) is 11.2. The van der Waals surface area contributed by atoms with Crippen molar-refractivity contribution < 1.29 is 9.90 Å². The van der Waals surface area contributed by atoms with Gasteiger partial charge in [0.1, 0.15) is 0 Å². The van der Waals surface area contributed by atoms with Gasteiger partial charge in [-0.15, -0.1) is 0 Å². The summed E-state index contributed by atoms with van der Waals surface area (Å²) < 4.78 is 0. The molecule has 0 heterocycles. The summed E-state index contributed by atoms with van der Waals surface area (Å²) in [6, 6.07) is 8.08. The van der Waals surface area contributed by atoms with E-state index < -0.39 is 0 Å². The summed E-state index contributed by atoms with van der Waals surface area (Å²) in [5.74, 6) is -0.138. The summed E-state index contributed by atoms with van der Waals surface area (Å²) in [6.07, 6.45) is 6.33. The van der Waals surface area contributed by atoms with Gasteiger partial charge in [0.25, 0.3) is 5.91 Å². The first-order chi connectivity index (χ1) is 9.29. The lowest BCUT2D eigenvalue weighted by molar-refractivity contribution is 0.0945. The third-order valence-electron chi connectivity index (χ3n) is 3.50. The molecular formula is C15H22N2O2. The Labute approximate surface area is 114 Å². The lowest BCUT2D eigenvalue weighted by atomic mass is 9.95. The Morgan fingerprint density at radius 3 is 2.79 bits per heavy atom. The lowest BCUT2D eigenvalue weighted by Gasteiger charge is -2.24. The average Bonchev–Trinajstić information content (AvgIpc) is 2.46. The van der Waals surface area contributed by atoms with E-state index in [0.717, 1.165) is 5.69 Å². The van der Waals surface area contributed by atoms with Crippen LogP contribution < -0.4 is 10.6 Å². The van der Waals surface area contributed by atoms with Crippen molar-refractivity contribution in [2.24, 2.45) is 0 Å². The molecule has 4 heteroatoms. The Hall–Kier alpha value is -1.55. The van der Waals surface area contributed by atoms with Crippen LogP contribution in [0.15, 0.2) is 24.3 Å². The van der Waals surface area contributed by atoms with Crippen molar-refractivity contribution in [3.63, 3.8) is 0 Å². The number of hydrogen-bond acceptors (Lipinski definition) is 3. The fraction of sp³-hybridized carbons (Fsp3) is 0.533. The number of aliphatic hydroxyl groups excluding tert-OH is 1. The molecule has 1 aliphatic carbocycles. The van der Waals surface area contributed by atoms with E-state index in [9.17, 15) is 4.79 Å². The SMILES string of the molecule is O=C(NCCO)c1cccc(NC2CCCCC2)c1. The number of carbonyl (C=O) groups excluding carboxylic acids is 1. The lowest BCUT2D eigenvalue weighted by Crippen LogP contribution is -2.26. The molecule has 0 aliphatic heterocycles. The van der Waals surface area contributed by atoms with Crippen LogP contribution in [0.2, 0.25) is 0 Å². The Balaban J connectivity index is 1.95. The fourth-order valence-electron chi connectivity index (χ4n) is 2.50. The quantitative estimate of drug-likeness (QED) is 0.762. The van der Waals surface area contributed by atoms with Crippen LogP contribution in [-0.4, -0.2) is 30.2 Å². The average molecular weight is 262 g/mol. The first kappa shape index (κ1) is 13.9. The predicted molar refractivity (Wildman–Crippen MR) is 76.4 cm³/mol. The second-order valence-corrected chi connectivity index (χ2v) is 5.04. The van der Waals surface area contributed by atoms with Gasteiger partial charge in [-0.1, -0.05) is 25.3 Å². The van der Waals surface area contributed by atoms with Crippen molar-refractivity contribution in [2.45, 2.75) is 38.1 Å². The van der Waals surface area contributed by atoms with E-state index in [1.54, 1.807) is 6.07 Å². The molecule has 0 saturated heterocycles. The van der Waals surface area contributed by atoms with Crippen LogP contribution in [0.1, 0.15) is 42.5 Å². The molecule has 4 nitrogen and oxygen atoms in total. The molecule has 1 saturated carbocycles. The van der Waals surface area contributed by atoms with Crippen LogP contribution in [0.5, 0.6) is 0 Å². The van der Waals surface area contributed by atoms with Crippen molar-refractivity contribution in [1.29, 1.82) is 0 Å². The second-order valence-electron chi connectivity index (χ2n) is 5.04.